The van der Waals surface area contributed by atoms with Crippen LogP contribution in [0.5, 0.6) is 0 Å². The summed E-state index contributed by atoms with van der Waals surface area (Å²) in [5.74, 6) is 1.27. The highest BCUT2D eigenvalue weighted by Crippen LogP contribution is 2.19. The molecule has 0 spiro atoms. The zero-order valence-electron chi connectivity index (χ0n) is 9.28. The van der Waals surface area contributed by atoms with Crippen LogP contribution in [0.1, 0.15) is 27.7 Å². The van der Waals surface area contributed by atoms with E-state index in [1.807, 2.05) is 0 Å². The lowest BCUT2D eigenvalue weighted by molar-refractivity contribution is 0.628. The van der Waals surface area contributed by atoms with E-state index in [4.69, 9.17) is 0 Å². The van der Waals surface area contributed by atoms with Gasteiger partial charge in [0.25, 0.3) is 0 Å². The third-order valence-corrected chi connectivity index (χ3v) is 2.55. The Morgan fingerprint density at radius 3 is 2.23 bits per heavy atom. The molecule has 0 aromatic heterocycles. The SMILES string of the molecule is CC(C)C1=C(C(C)C)NCCNC1. The lowest BCUT2D eigenvalue weighted by atomic mass is 9.95. The van der Waals surface area contributed by atoms with Gasteiger partial charge in [0.1, 0.15) is 0 Å². The maximum Gasteiger partial charge on any atom is 0.0269 e. The molecule has 0 radical (unpaired) electrons. The average molecular weight is 182 g/mol. The first-order valence-corrected chi connectivity index (χ1v) is 5.30. The molecule has 0 amide bonds. The molecular formula is C11H22N2. The predicted molar refractivity (Wildman–Crippen MR) is 57.6 cm³/mol. The van der Waals surface area contributed by atoms with Crippen LogP contribution in [0.25, 0.3) is 0 Å². The van der Waals surface area contributed by atoms with Gasteiger partial charge in [0.15, 0.2) is 0 Å². The third-order valence-electron chi connectivity index (χ3n) is 2.55. The molecule has 2 N–H and O–H groups in total. The monoisotopic (exact) mass is 182 g/mol. The van der Waals surface area contributed by atoms with Crippen LogP contribution in [0.2, 0.25) is 0 Å². The summed E-state index contributed by atoms with van der Waals surface area (Å²) in [6, 6.07) is 0. The molecule has 1 heterocycles. The molecule has 0 saturated heterocycles. The smallest absolute Gasteiger partial charge is 0.0269 e. The molecule has 1 aliphatic rings. The molecule has 13 heavy (non-hydrogen) atoms. The quantitative estimate of drug-likeness (QED) is 0.680. The molecule has 0 bridgehead atoms. The highest BCUT2D eigenvalue weighted by molar-refractivity contribution is 5.19. The molecule has 2 heteroatoms. The maximum absolute atomic E-state index is 3.53. The minimum Gasteiger partial charge on any atom is -0.387 e. The molecule has 0 aliphatic carbocycles. The predicted octanol–water partition coefficient (Wildman–Crippen LogP) is 1.75. The van der Waals surface area contributed by atoms with E-state index >= 15 is 0 Å². The second kappa shape index (κ2) is 4.66. The Balaban J connectivity index is 2.85. The van der Waals surface area contributed by atoms with E-state index in [1.165, 1.54) is 5.70 Å². The van der Waals surface area contributed by atoms with Gasteiger partial charge in [-0.25, -0.2) is 0 Å². The van der Waals surface area contributed by atoms with Crippen LogP contribution in [0.15, 0.2) is 11.3 Å². The average Bonchev–Trinajstić information content (AvgIpc) is 2.27. The third kappa shape index (κ3) is 2.73. The molecule has 1 rings (SSSR count). The van der Waals surface area contributed by atoms with Crippen LogP contribution in [0, 0.1) is 11.8 Å². The van der Waals surface area contributed by atoms with Crippen LogP contribution in [-0.4, -0.2) is 19.6 Å². The lowest BCUT2D eigenvalue weighted by Gasteiger charge is -2.19. The fourth-order valence-electron chi connectivity index (χ4n) is 1.81. The van der Waals surface area contributed by atoms with Crippen molar-refractivity contribution in [1.29, 1.82) is 0 Å². The van der Waals surface area contributed by atoms with Gasteiger partial charge in [-0.05, 0) is 17.4 Å². The van der Waals surface area contributed by atoms with Crippen LogP contribution < -0.4 is 10.6 Å². The van der Waals surface area contributed by atoms with Gasteiger partial charge in [0, 0.05) is 25.3 Å². The molecule has 0 unspecified atom stereocenters. The maximum atomic E-state index is 3.53. The number of rotatable bonds is 2. The second-order valence-corrected chi connectivity index (χ2v) is 4.35. The Bertz CT molecular complexity index is 172. The Kier molecular flexibility index (Phi) is 3.79. The molecule has 76 valence electrons. The van der Waals surface area contributed by atoms with Crippen molar-refractivity contribution in [1.82, 2.24) is 10.6 Å². The number of nitrogens with one attached hydrogen (secondary N) is 2. The lowest BCUT2D eigenvalue weighted by Crippen LogP contribution is -2.23. The topological polar surface area (TPSA) is 24.1 Å². The highest BCUT2D eigenvalue weighted by atomic mass is 15.0. The molecule has 0 atom stereocenters. The number of allylic oxidation sites excluding steroid dienone is 1. The number of hydrogen-bond acceptors (Lipinski definition) is 2. The van der Waals surface area contributed by atoms with Gasteiger partial charge in [-0.1, -0.05) is 27.7 Å². The zero-order chi connectivity index (χ0) is 9.84. The molecule has 0 saturated carbocycles. The van der Waals surface area contributed by atoms with Gasteiger partial charge in [0.05, 0.1) is 0 Å². The normalized spacial score (nSPS) is 19.2. The first kappa shape index (κ1) is 10.6. The Hall–Kier alpha value is -0.500. The van der Waals surface area contributed by atoms with Crippen molar-refractivity contribution in [2.24, 2.45) is 11.8 Å². The van der Waals surface area contributed by atoms with E-state index in [1.54, 1.807) is 5.57 Å². The van der Waals surface area contributed by atoms with Crippen molar-refractivity contribution in [3.05, 3.63) is 11.3 Å². The van der Waals surface area contributed by atoms with Gasteiger partial charge in [-0.3, -0.25) is 0 Å². The highest BCUT2D eigenvalue weighted by Gasteiger charge is 2.15. The van der Waals surface area contributed by atoms with Crippen molar-refractivity contribution in [3.63, 3.8) is 0 Å². The Morgan fingerprint density at radius 2 is 1.69 bits per heavy atom. The Morgan fingerprint density at radius 1 is 1.00 bits per heavy atom. The van der Waals surface area contributed by atoms with Crippen molar-refractivity contribution in [3.8, 4) is 0 Å². The van der Waals surface area contributed by atoms with E-state index in [9.17, 15) is 0 Å². The summed E-state index contributed by atoms with van der Waals surface area (Å²) in [5, 5.41) is 6.97. The summed E-state index contributed by atoms with van der Waals surface area (Å²) < 4.78 is 0. The van der Waals surface area contributed by atoms with Gasteiger partial charge < -0.3 is 10.6 Å². The van der Waals surface area contributed by atoms with Crippen molar-refractivity contribution in [2.45, 2.75) is 27.7 Å². The van der Waals surface area contributed by atoms with Crippen LogP contribution in [0.3, 0.4) is 0 Å². The van der Waals surface area contributed by atoms with Crippen molar-refractivity contribution >= 4 is 0 Å². The summed E-state index contributed by atoms with van der Waals surface area (Å²) >= 11 is 0. The minimum atomic E-state index is 0.622. The fourth-order valence-corrected chi connectivity index (χ4v) is 1.81. The van der Waals surface area contributed by atoms with Gasteiger partial charge in [-0.15, -0.1) is 0 Å². The summed E-state index contributed by atoms with van der Waals surface area (Å²) in [6.45, 7) is 12.2. The first-order chi connectivity index (χ1) is 6.13. The summed E-state index contributed by atoms with van der Waals surface area (Å²) in [6.07, 6.45) is 0. The molecule has 0 aromatic rings. The molecular weight excluding hydrogens is 160 g/mol. The first-order valence-electron chi connectivity index (χ1n) is 5.30. The van der Waals surface area contributed by atoms with Gasteiger partial charge >= 0.3 is 0 Å². The molecule has 2 nitrogen and oxygen atoms in total. The summed E-state index contributed by atoms with van der Waals surface area (Å²) in [4.78, 5) is 0. The van der Waals surface area contributed by atoms with E-state index in [2.05, 4.69) is 38.3 Å². The van der Waals surface area contributed by atoms with E-state index in [0.717, 1.165) is 19.6 Å². The standard InChI is InChI=1S/C11H22N2/c1-8(2)10-7-12-5-6-13-11(10)9(3)4/h8-9,12-13H,5-7H2,1-4H3. The number of hydrogen-bond donors (Lipinski definition) is 2. The Labute approximate surface area is 81.8 Å². The fraction of sp³-hybridized carbons (Fsp3) is 0.818. The van der Waals surface area contributed by atoms with Crippen LogP contribution >= 0.6 is 0 Å². The summed E-state index contributed by atoms with van der Waals surface area (Å²) in [7, 11) is 0. The van der Waals surface area contributed by atoms with Crippen LogP contribution in [0.4, 0.5) is 0 Å². The molecule has 1 aliphatic heterocycles. The van der Waals surface area contributed by atoms with Gasteiger partial charge in [-0.2, -0.15) is 0 Å². The second-order valence-electron chi connectivity index (χ2n) is 4.35. The summed E-state index contributed by atoms with van der Waals surface area (Å²) in [5.41, 5.74) is 3.01. The largest absolute Gasteiger partial charge is 0.387 e. The zero-order valence-corrected chi connectivity index (χ0v) is 9.28. The minimum absolute atomic E-state index is 0.622. The van der Waals surface area contributed by atoms with Crippen LogP contribution in [-0.2, 0) is 0 Å². The van der Waals surface area contributed by atoms with Crippen molar-refractivity contribution in [2.75, 3.05) is 19.6 Å². The van der Waals surface area contributed by atoms with E-state index < -0.39 is 0 Å². The van der Waals surface area contributed by atoms with Gasteiger partial charge in [0.2, 0.25) is 0 Å². The molecule has 0 aromatic carbocycles. The van der Waals surface area contributed by atoms with E-state index in [-0.39, 0.29) is 0 Å². The molecule has 0 fully saturated rings. The van der Waals surface area contributed by atoms with Crippen molar-refractivity contribution < 1.29 is 0 Å². The van der Waals surface area contributed by atoms with E-state index in [0.29, 0.717) is 11.8 Å².